The molecule has 0 aliphatic rings. The number of hydrogen-bond donors (Lipinski definition) is 1. The number of hydrogen-bond acceptors (Lipinski definition) is 3. The molecule has 1 atom stereocenters. The second kappa shape index (κ2) is 8.71. The van der Waals surface area contributed by atoms with Crippen LogP contribution in [0.15, 0.2) is 90.1 Å². The van der Waals surface area contributed by atoms with E-state index in [9.17, 15) is 4.79 Å². The molecule has 7 heteroatoms. The highest BCUT2D eigenvalue weighted by molar-refractivity contribution is 7.09. The van der Waals surface area contributed by atoms with E-state index in [0.29, 0.717) is 5.02 Å². The molecule has 2 N–H and O–H groups in total. The summed E-state index contributed by atoms with van der Waals surface area (Å²) in [4.78, 5) is 17.2. The Morgan fingerprint density at radius 1 is 1.00 bits per heavy atom. The minimum atomic E-state index is -2.96. The predicted molar refractivity (Wildman–Crippen MR) is 146 cm³/mol. The van der Waals surface area contributed by atoms with Crippen LogP contribution in [-0.2, 0) is 14.1 Å². The number of nitrogens with two attached hydrogens (primary N) is 1. The number of nitrogens with zero attached hydrogens (tertiary/aromatic N) is 3. The van der Waals surface area contributed by atoms with Gasteiger partial charge < -0.3 is 14.5 Å². The number of fused-ring (bicyclic) bond motifs is 1. The lowest BCUT2D eigenvalue weighted by molar-refractivity contribution is 0.907. The first-order chi connectivity index (χ1) is 16.8. The third-order valence-corrected chi connectivity index (χ3v) is 10.6. The van der Waals surface area contributed by atoms with E-state index in [1.165, 1.54) is 0 Å². The van der Waals surface area contributed by atoms with Gasteiger partial charge in [-0.25, -0.2) is 4.98 Å². The van der Waals surface area contributed by atoms with Gasteiger partial charge >= 0.3 is 0 Å². The second-order valence-corrected chi connectivity index (χ2v) is 12.3. The van der Waals surface area contributed by atoms with Crippen molar-refractivity contribution < 1.29 is 0 Å². The molecular formula is C28H23ClN4OSi. The summed E-state index contributed by atoms with van der Waals surface area (Å²) < 4.78 is 3.63. The van der Waals surface area contributed by atoms with Gasteiger partial charge in [-0.15, -0.1) is 6.42 Å². The summed E-state index contributed by atoms with van der Waals surface area (Å²) in [6.45, 7) is 0. The van der Waals surface area contributed by atoms with Crippen LogP contribution in [-0.4, -0.2) is 22.4 Å². The Balaban J connectivity index is 1.84. The van der Waals surface area contributed by atoms with Gasteiger partial charge in [0.25, 0.3) is 5.56 Å². The normalized spacial score (nSPS) is 12.9. The smallest absolute Gasteiger partial charge is 0.251 e. The van der Waals surface area contributed by atoms with Crippen molar-refractivity contribution in [1.82, 2.24) is 14.1 Å². The number of aryl methyl sites for hydroxylation is 2. The zero-order chi connectivity index (χ0) is 24.7. The van der Waals surface area contributed by atoms with Gasteiger partial charge in [-0.05, 0) is 51.8 Å². The number of aromatic nitrogens is 3. The van der Waals surface area contributed by atoms with Crippen molar-refractivity contribution in [3.63, 3.8) is 0 Å². The number of pyridine rings is 1. The summed E-state index contributed by atoms with van der Waals surface area (Å²) in [5.74, 6) is 2.68. The molecule has 5 aromatic rings. The van der Waals surface area contributed by atoms with Crippen molar-refractivity contribution in [1.29, 1.82) is 0 Å². The first kappa shape index (κ1) is 22.9. The third kappa shape index (κ3) is 3.80. The van der Waals surface area contributed by atoms with Crippen LogP contribution in [0.4, 0.5) is 0 Å². The van der Waals surface area contributed by atoms with Crippen LogP contribution in [0.2, 0.25) is 5.02 Å². The van der Waals surface area contributed by atoms with E-state index < -0.39 is 8.24 Å². The van der Waals surface area contributed by atoms with Crippen molar-refractivity contribution in [2.45, 2.75) is 0 Å². The molecule has 2 aromatic heterocycles. The van der Waals surface area contributed by atoms with Crippen molar-refractivity contribution in [2.75, 3.05) is 0 Å². The third-order valence-electron chi connectivity index (χ3n) is 6.56. The zero-order valence-corrected chi connectivity index (χ0v) is 21.1. The Labute approximate surface area is 209 Å². The van der Waals surface area contributed by atoms with Crippen molar-refractivity contribution in [3.8, 4) is 23.5 Å². The molecule has 172 valence electrons. The average Bonchev–Trinajstić information content (AvgIpc) is 3.32. The highest BCUT2D eigenvalue weighted by Gasteiger charge is 2.38. The maximum atomic E-state index is 12.8. The van der Waals surface area contributed by atoms with Crippen molar-refractivity contribution in [2.24, 2.45) is 19.5 Å². The number of benzene rings is 3. The van der Waals surface area contributed by atoms with Crippen LogP contribution < -0.4 is 26.6 Å². The molecule has 0 unspecified atom stereocenters. The lowest BCUT2D eigenvalue weighted by Gasteiger charge is -2.29. The highest BCUT2D eigenvalue weighted by Crippen LogP contribution is 2.27. The van der Waals surface area contributed by atoms with Crippen molar-refractivity contribution in [3.05, 3.63) is 106 Å². The minimum absolute atomic E-state index is 0.0908. The van der Waals surface area contributed by atoms with Gasteiger partial charge in [0, 0.05) is 47.6 Å². The van der Waals surface area contributed by atoms with E-state index in [0.717, 1.165) is 43.3 Å². The average molecular weight is 495 g/mol. The quantitative estimate of drug-likeness (QED) is 0.308. The van der Waals surface area contributed by atoms with Crippen molar-refractivity contribution >= 4 is 46.4 Å². The van der Waals surface area contributed by atoms with E-state index in [4.69, 9.17) is 23.4 Å². The van der Waals surface area contributed by atoms with Crippen LogP contribution in [0.25, 0.3) is 22.0 Å². The molecule has 0 aliphatic heterocycles. The molecule has 0 fully saturated rings. The lowest BCUT2D eigenvalue weighted by atomic mass is 9.99. The molecule has 2 heterocycles. The van der Waals surface area contributed by atoms with Crippen LogP contribution in [0.1, 0.15) is 5.56 Å². The van der Waals surface area contributed by atoms with E-state index >= 15 is 0 Å². The molecule has 0 amide bonds. The number of terminal acetylenes is 1. The van der Waals surface area contributed by atoms with E-state index in [1.54, 1.807) is 24.0 Å². The summed E-state index contributed by atoms with van der Waals surface area (Å²) in [6.07, 6.45) is 9.25. The molecule has 0 spiro atoms. The largest absolute Gasteiger partial charge is 0.339 e. The maximum absolute atomic E-state index is 12.8. The Hall–Kier alpha value is -3.89. The SMILES string of the molecule is C#Cc1cccc(-c2cc(=O)n(C)c3ccc([Si@](N)(c4ccc(Cl)cc4)c4cncn4C)cc23)c1. The van der Waals surface area contributed by atoms with Gasteiger partial charge in [0.1, 0.15) is 0 Å². The fraction of sp³-hybridized carbons (Fsp3) is 0.0714. The van der Waals surface area contributed by atoms with Gasteiger partial charge in [0.15, 0.2) is 0 Å². The lowest BCUT2D eigenvalue weighted by Crippen LogP contribution is -2.75. The summed E-state index contributed by atoms with van der Waals surface area (Å²) in [7, 11) is 0.769. The fourth-order valence-corrected chi connectivity index (χ4v) is 7.99. The summed E-state index contributed by atoms with van der Waals surface area (Å²) in [6, 6.07) is 23.2. The molecule has 0 radical (unpaired) electrons. The van der Waals surface area contributed by atoms with Crippen LogP contribution in [0.3, 0.4) is 0 Å². The Bertz CT molecular complexity index is 1680. The topological polar surface area (TPSA) is 65.8 Å². The molecule has 0 saturated heterocycles. The Morgan fingerprint density at radius 2 is 1.74 bits per heavy atom. The monoisotopic (exact) mass is 494 g/mol. The highest BCUT2D eigenvalue weighted by atomic mass is 35.5. The molecule has 0 bridgehead atoms. The van der Waals surface area contributed by atoms with Gasteiger partial charge in [-0.2, -0.15) is 0 Å². The minimum Gasteiger partial charge on any atom is -0.339 e. The standard InChI is InChI=1S/C28H23ClN4OSi/c1-4-19-6-5-7-20(14-19)24-16-27(34)33(3)26-13-12-23(15-25(24)26)35(30,28-17-31-18-32(28)2)22-10-8-21(29)9-11-22/h1,5-18H,30H2,2-3H3/t35-/m1/s1. The molecule has 0 aliphatic carbocycles. The Morgan fingerprint density at radius 3 is 2.43 bits per heavy atom. The fourth-order valence-electron chi connectivity index (χ4n) is 4.63. The Kier molecular flexibility index (Phi) is 5.69. The van der Waals surface area contributed by atoms with E-state index in [-0.39, 0.29) is 5.56 Å². The van der Waals surface area contributed by atoms with Crippen LogP contribution >= 0.6 is 11.6 Å². The van der Waals surface area contributed by atoms with Gasteiger partial charge in [-0.1, -0.05) is 53.9 Å². The number of halogens is 1. The molecule has 0 saturated carbocycles. The number of rotatable bonds is 4. The maximum Gasteiger partial charge on any atom is 0.251 e. The predicted octanol–water partition coefficient (Wildman–Crippen LogP) is 2.50. The first-order valence-electron chi connectivity index (χ1n) is 11.1. The molecule has 5 rings (SSSR count). The van der Waals surface area contributed by atoms with E-state index in [1.807, 2.05) is 78.5 Å². The molecule has 5 nitrogen and oxygen atoms in total. The summed E-state index contributed by atoms with van der Waals surface area (Å²) in [5.41, 5.74) is 3.19. The van der Waals surface area contributed by atoms with Crippen LogP contribution in [0.5, 0.6) is 0 Å². The zero-order valence-electron chi connectivity index (χ0n) is 19.4. The van der Waals surface area contributed by atoms with Gasteiger partial charge in [-0.3, -0.25) is 4.79 Å². The van der Waals surface area contributed by atoms with Crippen LogP contribution in [0, 0.1) is 12.3 Å². The summed E-state index contributed by atoms with van der Waals surface area (Å²) in [5, 5.41) is 11.9. The van der Waals surface area contributed by atoms with Gasteiger partial charge in [0.05, 0.1) is 11.8 Å². The number of imidazole rings is 1. The van der Waals surface area contributed by atoms with E-state index in [2.05, 4.69) is 17.0 Å². The second-order valence-electron chi connectivity index (χ2n) is 8.62. The first-order valence-corrected chi connectivity index (χ1v) is 13.5. The summed E-state index contributed by atoms with van der Waals surface area (Å²) >= 11 is 6.20. The van der Waals surface area contributed by atoms with Gasteiger partial charge in [0.2, 0.25) is 8.24 Å². The molecule has 3 aromatic carbocycles. The molecule has 35 heavy (non-hydrogen) atoms. The molecular weight excluding hydrogens is 472 g/mol.